The maximum atomic E-state index is 11.3. The molecule has 1 aliphatic rings. The molecule has 0 spiro atoms. The maximum absolute atomic E-state index is 11.3. The number of hydrogen-bond acceptors (Lipinski definition) is 1. The Kier molecular flexibility index (Phi) is 2.96. The van der Waals surface area contributed by atoms with E-state index in [4.69, 9.17) is 11.6 Å². The second-order valence-electron chi connectivity index (χ2n) is 3.93. The van der Waals surface area contributed by atoms with Gasteiger partial charge in [-0.2, -0.15) is 0 Å². The van der Waals surface area contributed by atoms with Crippen molar-refractivity contribution in [1.82, 2.24) is 0 Å². The molecule has 1 aromatic rings. The van der Waals surface area contributed by atoms with Crippen LogP contribution in [0.5, 0.6) is 0 Å². The van der Waals surface area contributed by atoms with Crippen LogP contribution in [-0.4, -0.2) is 5.91 Å². The van der Waals surface area contributed by atoms with E-state index in [0.717, 1.165) is 24.1 Å². The minimum absolute atomic E-state index is 0.0225. The number of halogens is 1. The molecule has 0 saturated carbocycles. The number of hydrogen-bond donors (Lipinski definition) is 1. The minimum atomic E-state index is 0.0225. The molecule has 2 rings (SSSR count). The van der Waals surface area contributed by atoms with Gasteiger partial charge in [-0.05, 0) is 37.0 Å². The lowest BCUT2D eigenvalue weighted by Crippen LogP contribution is -2.09. The maximum Gasteiger partial charge on any atom is 0.224 e. The highest BCUT2D eigenvalue weighted by molar-refractivity contribution is 6.20. The molecule has 1 heterocycles. The standard InChI is InChI=1S/C12H14ClNO/c1-8(13)9-5-6-11-10(7-9)3-2-4-12(15)14-11/h5-8H,2-4H2,1H3,(H,14,15). The third kappa shape index (κ3) is 2.32. The monoisotopic (exact) mass is 223 g/mol. The van der Waals surface area contributed by atoms with Gasteiger partial charge < -0.3 is 5.32 Å². The van der Waals surface area contributed by atoms with Gasteiger partial charge in [0.15, 0.2) is 0 Å². The van der Waals surface area contributed by atoms with E-state index in [1.807, 2.05) is 19.1 Å². The molecule has 0 fully saturated rings. The Hall–Kier alpha value is -1.02. The molecule has 0 bridgehead atoms. The van der Waals surface area contributed by atoms with Gasteiger partial charge in [0.05, 0.1) is 5.38 Å². The molecule has 1 aliphatic heterocycles. The topological polar surface area (TPSA) is 29.1 Å². The van der Waals surface area contributed by atoms with Crippen LogP contribution < -0.4 is 5.32 Å². The predicted octanol–water partition coefficient (Wildman–Crippen LogP) is 3.26. The molecule has 1 unspecified atom stereocenters. The van der Waals surface area contributed by atoms with E-state index in [1.165, 1.54) is 5.56 Å². The number of nitrogens with one attached hydrogen (secondary N) is 1. The zero-order valence-corrected chi connectivity index (χ0v) is 9.47. The molecule has 0 radical (unpaired) electrons. The Labute approximate surface area is 94.6 Å². The molecule has 3 heteroatoms. The van der Waals surface area contributed by atoms with Crippen LogP contribution in [-0.2, 0) is 11.2 Å². The number of carbonyl (C=O) groups excluding carboxylic acids is 1. The Morgan fingerprint density at radius 2 is 2.20 bits per heavy atom. The molecule has 0 aromatic heterocycles. The summed E-state index contributed by atoms with van der Waals surface area (Å²) in [6.07, 6.45) is 2.48. The first kappa shape index (κ1) is 10.5. The molecule has 1 atom stereocenters. The van der Waals surface area contributed by atoms with Crippen molar-refractivity contribution in [2.45, 2.75) is 31.6 Å². The highest BCUT2D eigenvalue weighted by Gasteiger charge is 2.13. The van der Waals surface area contributed by atoms with Gasteiger partial charge in [0, 0.05) is 12.1 Å². The number of alkyl halides is 1. The molecule has 0 saturated heterocycles. The Morgan fingerprint density at radius 1 is 1.40 bits per heavy atom. The number of fused-ring (bicyclic) bond motifs is 1. The van der Waals surface area contributed by atoms with E-state index in [1.54, 1.807) is 0 Å². The molecular weight excluding hydrogens is 210 g/mol. The number of benzene rings is 1. The molecule has 2 nitrogen and oxygen atoms in total. The fraction of sp³-hybridized carbons (Fsp3) is 0.417. The smallest absolute Gasteiger partial charge is 0.224 e. The Balaban J connectivity index is 2.35. The van der Waals surface area contributed by atoms with E-state index in [0.29, 0.717) is 6.42 Å². The van der Waals surface area contributed by atoms with Crippen molar-refractivity contribution in [3.8, 4) is 0 Å². The Morgan fingerprint density at radius 3 is 2.93 bits per heavy atom. The summed E-state index contributed by atoms with van der Waals surface area (Å²) in [6.45, 7) is 1.96. The first-order chi connectivity index (χ1) is 7.16. The average Bonchev–Trinajstić information content (AvgIpc) is 2.37. The van der Waals surface area contributed by atoms with Gasteiger partial charge in [0.2, 0.25) is 5.91 Å². The van der Waals surface area contributed by atoms with Gasteiger partial charge >= 0.3 is 0 Å². The molecule has 15 heavy (non-hydrogen) atoms. The molecule has 1 N–H and O–H groups in total. The van der Waals surface area contributed by atoms with Gasteiger partial charge in [-0.3, -0.25) is 4.79 Å². The zero-order chi connectivity index (χ0) is 10.8. The SMILES string of the molecule is CC(Cl)c1ccc2c(c1)CCCC(=O)N2. The number of aryl methyl sites for hydroxylation is 1. The van der Waals surface area contributed by atoms with E-state index < -0.39 is 0 Å². The summed E-state index contributed by atoms with van der Waals surface area (Å²) in [6, 6.07) is 6.02. The number of carbonyl (C=O) groups is 1. The number of rotatable bonds is 1. The fourth-order valence-corrected chi connectivity index (χ4v) is 1.98. The van der Waals surface area contributed by atoms with Crippen LogP contribution in [0.15, 0.2) is 18.2 Å². The zero-order valence-electron chi connectivity index (χ0n) is 8.72. The normalized spacial score (nSPS) is 17.6. The van der Waals surface area contributed by atoms with Crippen molar-refractivity contribution in [2.75, 3.05) is 5.32 Å². The number of anilines is 1. The van der Waals surface area contributed by atoms with Crippen LogP contribution in [0.2, 0.25) is 0 Å². The summed E-state index contributed by atoms with van der Waals surface area (Å²) >= 11 is 6.03. The number of amides is 1. The van der Waals surface area contributed by atoms with Crippen molar-refractivity contribution < 1.29 is 4.79 Å². The quantitative estimate of drug-likeness (QED) is 0.728. The van der Waals surface area contributed by atoms with Crippen LogP contribution in [0.25, 0.3) is 0 Å². The predicted molar refractivity (Wildman–Crippen MR) is 62.3 cm³/mol. The highest BCUT2D eigenvalue weighted by Crippen LogP contribution is 2.27. The summed E-state index contributed by atoms with van der Waals surface area (Å²) < 4.78 is 0. The van der Waals surface area contributed by atoms with Gasteiger partial charge in [-0.25, -0.2) is 0 Å². The third-order valence-electron chi connectivity index (χ3n) is 2.71. The van der Waals surface area contributed by atoms with Crippen LogP contribution in [0.1, 0.15) is 36.3 Å². The summed E-state index contributed by atoms with van der Waals surface area (Å²) in [5, 5.41) is 2.93. The van der Waals surface area contributed by atoms with Crippen LogP contribution in [0.4, 0.5) is 5.69 Å². The van der Waals surface area contributed by atoms with Gasteiger partial charge in [0.1, 0.15) is 0 Å². The summed E-state index contributed by atoms with van der Waals surface area (Å²) in [7, 11) is 0. The van der Waals surface area contributed by atoms with Gasteiger partial charge in [-0.1, -0.05) is 12.1 Å². The first-order valence-electron chi connectivity index (χ1n) is 5.23. The molecule has 1 aromatic carbocycles. The fourth-order valence-electron chi connectivity index (χ4n) is 1.84. The summed E-state index contributed by atoms with van der Waals surface area (Å²) in [4.78, 5) is 11.3. The van der Waals surface area contributed by atoms with E-state index >= 15 is 0 Å². The highest BCUT2D eigenvalue weighted by atomic mass is 35.5. The average molecular weight is 224 g/mol. The lowest BCUT2D eigenvalue weighted by molar-refractivity contribution is -0.116. The van der Waals surface area contributed by atoms with Crippen molar-refractivity contribution in [3.05, 3.63) is 29.3 Å². The van der Waals surface area contributed by atoms with Crippen molar-refractivity contribution in [1.29, 1.82) is 0 Å². The minimum Gasteiger partial charge on any atom is -0.326 e. The molecule has 1 amide bonds. The Bertz CT molecular complexity index is 387. The van der Waals surface area contributed by atoms with Gasteiger partial charge in [-0.15, -0.1) is 11.6 Å². The van der Waals surface area contributed by atoms with Crippen LogP contribution in [0.3, 0.4) is 0 Å². The summed E-state index contributed by atoms with van der Waals surface area (Å²) in [5.74, 6) is 0.112. The van der Waals surface area contributed by atoms with Crippen LogP contribution in [0, 0.1) is 0 Å². The van der Waals surface area contributed by atoms with Crippen LogP contribution >= 0.6 is 11.6 Å². The second kappa shape index (κ2) is 4.23. The van der Waals surface area contributed by atoms with E-state index in [2.05, 4.69) is 11.4 Å². The van der Waals surface area contributed by atoms with Crippen molar-refractivity contribution >= 4 is 23.2 Å². The summed E-state index contributed by atoms with van der Waals surface area (Å²) in [5.41, 5.74) is 3.26. The van der Waals surface area contributed by atoms with Crippen molar-refractivity contribution in [3.63, 3.8) is 0 Å². The van der Waals surface area contributed by atoms with E-state index in [9.17, 15) is 4.79 Å². The lowest BCUT2D eigenvalue weighted by Gasteiger charge is -2.10. The molecular formula is C12H14ClNO. The van der Waals surface area contributed by atoms with Crippen molar-refractivity contribution in [2.24, 2.45) is 0 Å². The van der Waals surface area contributed by atoms with E-state index in [-0.39, 0.29) is 11.3 Å². The first-order valence-corrected chi connectivity index (χ1v) is 5.67. The second-order valence-corrected chi connectivity index (χ2v) is 4.59. The molecule has 80 valence electrons. The largest absolute Gasteiger partial charge is 0.326 e. The molecule has 0 aliphatic carbocycles. The third-order valence-corrected chi connectivity index (χ3v) is 2.96. The lowest BCUT2D eigenvalue weighted by atomic mass is 10.0. The van der Waals surface area contributed by atoms with Gasteiger partial charge in [0.25, 0.3) is 0 Å².